The monoisotopic (exact) mass is 452 g/mol. The summed E-state index contributed by atoms with van der Waals surface area (Å²) < 4.78 is 0. The van der Waals surface area contributed by atoms with Crippen molar-refractivity contribution in [2.45, 2.75) is 20.8 Å². The van der Waals surface area contributed by atoms with E-state index in [1.54, 1.807) is 36.4 Å². The van der Waals surface area contributed by atoms with E-state index in [1.807, 2.05) is 20.8 Å². The van der Waals surface area contributed by atoms with Crippen molar-refractivity contribution in [1.29, 1.82) is 0 Å². The number of carbonyl (C=O) groups is 4. The van der Waals surface area contributed by atoms with Gasteiger partial charge in [0.2, 0.25) is 5.78 Å². The van der Waals surface area contributed by atoms with E-state index in [0.29, 0.717) is 5.56 Å². The Kier molecular flexibility index (Phi) is 4.72. The molecule has 0 bridgehead atoms. The second-order valence-electron chi connectivity index (χ2n) is 8.52. The zero-order valence-electron chi connectivity index (χ0n) is 18.7. The van der Waals surface area contributed by atoms with Crippen molar-refractivity contribution in [2.75, 3.05) is 5.32 Å². The molecule has 1 aliphatic carbocycles. The van der Waals surface area contributed by atoms with Crippen LogP contribution in [0, 0.1) is 20.8 Å². The molecule has 0 saturated heterocycles. The Morgan fingerprint density at radius 2 is 1.50 bits per heavy atom. The fourth-order valence-corrected chi connectivity index (χ4v) is 4.49. The maximum atomic E-state index is 13.2. The van der Waals surface area contributed by atoms with Crippen LogP contribution in [-0.2, 0) is 0 Å². The number of hydrogen-bond acceptors (Lipinski definition) is 4. The summed E-state index contributed by atoms with van der Waals surface area (Å²) in [6.45, 7) is 5.82. The molecule has 3 aromatic carbocycles. The van der Waals surface area contributed by atoms with Crippen molar-refractivity contribution in [1.82, 2.24) is 4.98 Å². The molecule has 4 aromatic rings. The lowest BCUT2D eigenvalue weighted by molar-refractivity contribution is 0.0698. The number of aromatic nitrogens is 1. The molecule has 0 spiro atoms. The molecule has 3 N–H and O–H groups in total. The summed E-state index contributed by atoms with van der Waals surface area (Å²) in [4.78, 5) is 54.2. The number of rotatable bonds is 3. The maximum Gasteiger partial charge on any atom is 0.336 e. The average molecular weight is 452 g/mol. The van der Waals surface area contributed by atoms with Gasteiger partial charge >= 0.3 is 5.97 Å². The molecule has 5 rings (SSSR count). The number of aromatic carboxylic acids is 1. The summed E-state index contributed by atoms with van der Waals surface area (Å²) in [5.41, 5.74) is 4.42. The summed E-state index contributed by atoms with van der Waals surface area (Å²) in [6.07, 6.45) is 0. The smallest absolute Gasteiger partial charge is 0.336 e. The molecule has 0 atom stereocenters. The van der Waals surface area contributed by atoms with E-state index >= 15 is 0 Å². The van der Waals surface area contributed by atoms with Crippen molar-refractivity contribution >= 4 is 40.0 Å². The minimum Gasteiger partial charge on any atom is -0.478 e. The van der Waals surface area contributed by atoms with Crippen LogP contribution < -0.4 is 5.32 Å². The summed E-state index contributed by atoms with van der Waals surface area (Å²) >= 11 is 0. The molecule has 0 unspecified atom stereocenters. The third-order valence-corrected chi connectivity index (χ3v) is 6.45. The molecular formula is C27H20N2O5. The molecule has 7 heteroatoms. The third-order valence-electron chi connectivity index (χ3n) is 6.45. The molecule has 34 heavy (non-hydrogen) atoms. The van der Waals surface area contributed by atoms with Gasteiger partial charge in [-0.3, -0.25) is 14.4 Å². The van der Waals surface area contributed by atoms with Gasteiger partial charge in [0, 0.05) is 33.3 Å². The zero-order valence-corrected chi connectivity index (χ0v) is 18.7. The molecule has 0 radical (unpaired) electrons. The van der Waals surface area contributed by atoms with Crippen molar-refractivity contribution < 1.29 is 24.3 Å². The number of carboxylic acids is 1. The zero-order chi connectivity index (χ0) is 24.3. The van der Waals surface area contributed by atoms with Crippen LogP contribution in [0.15, 0.2) is 48.5 Å². The summed E-state index contributed by atoms with van der Waals surface area (Å²) in [5, 5.41) is 12.8. The first-order chi connectivity index (χ1) is 16.2. The highest BCUT2D eigenvalue weighted by Gasteiger charge is 2.34. The molecule has 7 nitrogen and oxygen atoms in total. The third kappa shape index (κ3) is 3.13. The first kappa shape index (κ1) is 21.3. The minimum absolute atomic E-state index is 0.0405. The van der Waals surface area contributed by atoms with Gasteiger partial charge in [-0.25, -0.2) is 4.79 Å². The van der Waals surface area contributed by atoms with Gasteiger partial charge in [0.05, 0.1) is 16.8 Å². The predicted octanol–water partition coefficient (Wildman–Crippen LogP) is 4.82. The molecule has 1 aliphatic rings. The number of amides is 1. The number of fused-ring (bicyclic) bond motifs is 4. The molecule has 1 aromatic heterocycles. The Morgan fingerprint density at radius 1 is 0.882 bits per heavy atom. The van der Waals surface area contributed by atoms with E-state index in [2.05, 4.69) is 10.3 Å². The van der Waals surface area contributed by atoms with Crippen LogP contribution in [0.25, 0.3) is 10.9 Å². The highest BCUT2D eigenvalue weighted by Crippen LogP contribution is 2.36. The lowest BCUT2D eigenvalue weighted by Crippen LogP contribution is -2.20. The largest absolute Gasteiger partial charge is 0.478 e. The summed E-state index contributed by atoms with van der Waals surface area (Å²) in [6, 6.07) is 12.8. The van der Waals surface area contributed by atoms with Crippen LogP contribution in [0.1, 0.15) is 69.4 Å². The van der Waals surface area contributed by atoms with Gasteiger partial charge in [-0.2, -0.15) is 0 Å². The van der Waals surface area contributed by atoms with Crippen molar-refractivity contribution in [3.05, 3.63) is 98.7 Å². The fourth-order valence-electron chi connectivity index (χ4n) is 4.49. The number of ketones is 2. The maximum absolute atomic E-state index is 13.2. The summed E-state index contributed by atoms with van der Waals surface area (Å²) in [7, 11) is 0. The van der Waals surface area contributed by atoms with E-state index in [0.717, 1.165) is 16.7 Å². The molecule has 1 amide bonds. The quantitative estimate of drug-likeness (QED) is 0.363. The highest BCUT2D eigenvalue weighted by atomic mass is 16.4. The first-order valence-corrected chi connectivity index (χ1v) is 10.7. The standard InChI is InChI=1S/C27H20N2O5/c1-12-8-15(9-13(2)14(12)3)26(32)28-16-10-19(27(33)34)21-20(11-16)29-23-22(21)24(30)17-6-4-5-7-18(17)25(23)31/h4-11,29H,1-3H3,(H,28,32)(H,33,34). The number of nitrogens with one attached hydrogen (secondary N) is 2. The number of anilines is 1. The minimum atomic E-state index is -1.27. The van der Waals surface area contributed by atoms with Crippen LogP contribution in [0.5, 0.6) is 0 Å². The molecular weight excluding hydrogens is 432 g/mol. The topological polar surface area (TPSA) is 116 Å². The highest BCUT2D eigenvalue weighted by molar-refractivity contribution is 6.33. The normalized spacial score (nSPS) is 12.4. The lowest BCUT2D eigenvalue weighted by Gasteiger charge is -2.14. The van der Waals surface area contributed by atoms with Crippen LogP contribution >= 0.6 is 0 Å². The Labute approximate surface area is 194 Å². The Bertz CT molecular complexity index is 1570. The Hall–Kier alpha value is -4.52. The van der Waals surface area contributed by atoms with E-state index in [4.69, 9.17) is 0 Å². The lowest BCUT2D eigenvalue weighted by atomic mass is 9.86. The van der Waals surface area contributed by atoms with Gasteiger partial charge in [-0.05, 0) is 61.7 Å². The molecule has 0 fully saturated rings. The average Bonchev–Trinajstić information content (AvgIpc) is 3.20. The van der Waals surface area contributed by atoms with Gasteiger partial charge in [-0.15, -0.1) is 0 Å². The number of hydrogen-bond donors (Lipinski definition) is 3. The molecule has 168 valence electrons. The Balaban J connectivity index is 1.64. The van der Waals surface area contributed by atoms with Crippen molar-refractivity contribution in [2.24, 2.45) is 0 Å². The number of benzene rings is 3. The summed E-state index contributed by atoms with van der Waals surface area (Å²) in [5.74, 6) is -2.46. The molecule has 0 saturated carbocycles. The number of carbonyl (C=O) groups excluding carboxylic acids is 3. The van der Waals surface area contributed by atoms with Gasteiger partial charge < -0.3 is 15.4 Å². The number of aryl methyl sites for hydroxylation is 2. The van der Waals surface area contributed by atoms with Crippen LogP contribution in [0.2, 0.25) is 0 Å². The number of carboxylic acid groups (broad SMARTS) is 1. The van der Waals surface area contributed by atoms with Gasteiger partial charge in [0.15, 0.2) is 5.78 Å². The number of aromatic amines is 1. The van der Waals surface area contributed by atoms with Crippen molar-refractivity contribution in [3.8, 4) is 0 Å². The van der Waals surface area contributed by atoms with Gasteiger partial charge in [-0.1, -0.05) is 24.3 Å². The van der Waals surface area contributed by atoms with Gasteiger partial charge in [0.25, 0.3) is 5.91 Å². The number of H-pyrrole nitrogens is 1. The van der Waals surface area contributed by atoms with Crippen molar-refractivity contribution in [3.63, 3.8) is 0 Å². The van der Waals surface area contributed by atoms with E-state index in [-0.39, 0.29) is 50.3 Å². The first-order valence-electron chi connectivity index (χ1n) is 10.7. The van der Waals surface area contributed by atoms with Crippen LogP contribution in [-0.4, -0.2) is 33.5 Å². The second kappa shape index (κ2) is 7.52. The Morgan fingerprint density at radius 3 is 2.12 bits per heavy atom. The SMILES string of the molecule is Cc1cc(C(=O)Nc2cc(C(=O)O)c3c4c([nH]c3c2)C(=O)c2ccccc2C4=O)cc(C)c1C. The van der Waals surface area contributed by atoms with Crippen LogP contribution in [0.4, 0.5) is 5.69 Å². The van der Waals surface area contributed by atoms with Gasteiger partial charge in [0.1, 0.15) is 0 Å². The molecule has 0 aliphatic heterocycles. The fraction of sp³-hybridized carbons (Fsp3) is 0.111. The van der Waals surface area contributed by atoms with E-state index in [9.17, 15) is 24.3 Å². The second-order valence-corrected chi connectivity index (χ2v) is 8.52. The van der Waals surface area contributed by atoms with Crippen LogP contribution in [0.3, 0.4) is 0 Å². The van der Waals surface area contributed by atoms with E-state index in [1.165, 1.54) is 12.1 Å². The predicted molar refractivity (Wildman–Crippen MR) is 127 cm³/mol. The molecule has 1 heterocycles. The van der Waals surface area contributed by atoms with E-state index < -0.39 is 17.7 Å².